The first-order valence-electron chi connectivity index (χ1n) is 23.1. The first-order valence-corrected chi connectivity index (χ1v) is 26.8. The maximum Gasteiger partial charge on any atom is 0.433 e. The molecule has 0 aliphatic carbocycles. The van der Waals surface area contributed by atoms with Gasteiger partial charge in [-0.3, -0.25) is 24.3 Å². The monoisotopic (exact) mass is 1070 g/mol. The Labute approximate surface area is 430 Å². The van der Waals surface area contributed by atoms with Gasteiger partial charge < -0.3 is 36.6 Å². The van der Waals surface area contributed by atoms with Gasteiger partial charge in [0.05, 0.1) is 82.4 Å². The first kappa shape index (κ1) is 55.0. The number of amides is 4. The highest BCUT2D eigenvalue weighted by molar-refractivity contribution is 6.76. The van der Waals surface area contributed by atoms with Gasteiger partial charge in [0, 0.05) is 27.8 Å². The number of halogens is 6. The molecule has 0 radical (unpaired) electrons. The molecule has 0 aliphatic rings. The van der Waals surface area contributed by atoms with Crippen molar-refractivity contribution in [3.63, 3.8) is 0 Å². The Hall–Kier alpha value is -8.78. The maximum atomic E-state index is 13.4. The van der Waals surface area contributed by atoms with E-state index in [1.165, 1.54) is 53.7 Å². The van der Waals surface area contributed by atoms with Crippen LogP contribution in [-0.2, 0) is 69.2 Å². The molecule has 0 spiro atoms. The van der Waals surface area contributed by atoms with E-state index in [9.17, 15) is 45.5 Å². The quantitative estimate of drug-likeness (QED) is 0.0282. The number of anilines is 4. The Bertz CT molecular complexity index is 3340. The van der Waals surface area contributed by atoms with Crippen molar-refractivity contribution in [2.45, 2.75) is 70.9 Å². The van der Waals surface area contributed by atoms with E-state index in [-0.39, 0.29) is 67.3 Å². The van der Waals surface area contributed by atoms with E-state index in [1.54, 1.807) is 60.7 Å². The highest BCUT2D eigenvalue weighted by Gasteiger charge is 2.34. The van der Waals surface area contributed by atoms with Crippen LogP contribution in [-0.4, -0.2) is 88.0 Å². The van der Waals surface area contributed by atoms with Gasteiger partial charge in [0.15, 0.2) is 0 Å². The van der Waals surface area contributed by atoms with Crippen molar-refractivity contribution in [1.29, 1.82) is 0 Å². The number of ether oxygens (including phenoxy) is 1. The minimum absolute atomic E-state index is 0.0167. The van der Waals surface area contributed by atoms with Crippen molar-refractivity contribution < 1.29 is 50.3 Å². The van der Waals surface area contributed by atoms with E-state index in [0.29, 0.717) is 39.5 Å². The fraction of sp³-hybridized carbons (Fsp3) is 0.240. The standard InChI is InChI=1S/C28H32F3N7O3Si.C22H18F3N7O2/c1-42(2,3)13-12-41-18-38-24-21(14-34-38)25(32)33-15-22(24)36-26(39)27(40)37(16-19-8-5-4-6-9-19)17-20-10-7-11-23(35-20)28(29,30)31;23-22(24,25)17-8-4-7-14(29-17)12-32(11-13-5-2-1-3-6-13)21(34)20(33)30-16-10-27-19(26)15-9-28-31-18(15)16/h4-11,14-15H,12-13,16-18H2,1-3H3,(H2,32,33)(H,36,39);1-10H,11-12H2,(H2,26,27)(H,28,31)(H,30,33). The van der Waals surface area contributed by atoms with E-state index < -0.39 is 55.4 Å². The molecule has 19 nitrogen and oxygen atoms in total. The first-order chi connectivity index (χ1) is 36.0. The molecule has 26 heteroatoms. The molecule has 2 aromatic carbocycles. The smallest absolute Gasteiger partial charge is 0.383 e. The Kier molecular flexibility index (Phi) is 17.1. The Morgan fingerprint density at radius 3 is 1.62 bits per heavy atom. The number of H-pyrrole nitrogens is 1. The summed E-state index contributed by atoms with van der Waals surface area (Å²) in [4.78, 5) is 70.2. The average Bonchev–Trinajstić information content (AvgIpc) is 4.07. The number of fused-ring (bicyclic) bond motifs is 2. The lowest BCUT2D eigenvalue weighted by atomic mass is 10.2. The van der Waals surface area contributed by atoms with Gasteiger partial charge in [-0.1, -0.05) is 92.4 Å². The topological polar surface area (TPSA) is 258 Å². The third kappa shape index (κ3) is 14.5. The molecule has 76 heavy (non-hydrogen) atoms. The van der Waals surface area contributed by atoms with Crippen LogP contribution in [0.25, 0.3) is 21.8 Å². The molecule has 6 aromatic heterocycles. The molecule has 6 heterocycles. The van der Waals surface area contributed by atoms with Crippen LogP contribution in [0.3, 0.4) is 0 Å². The lowest BCUT2D eigenvalue weighted by Crippen LogP contribution is -2.39. The number of nitrogens with one attached hydrogen (secondary N) is 3. The Balaban J connectivity index is 0.000000226. The molecule has 396 valence electrons. The molecule has 0 fully saturated rings. The van der Waals surface area contributed by atoms with Gasteiger partial charge in [0.2, 0.25) is 0 Å². The highest BCUT2D eigenvalue weighted by atomic mass is 28.3. The summed E-state index contributed by atoms with van der Waals surface area (Å²) >= 11 is 0. The van der Waals surface area contributed by atoms with Crippen LogP contribution < -0.4 is 22.1 Å². The molecular weight excluding hydrogens is 1020 g/mol. The summed E-state index contributed by atoms with van der Waals surface area (Å²) in [6, 6.07) is 25.3. The minimum atomic E-state index is -4.66. The number of rotatable bonds is 15. The van der Waals surface area contributed by atoms with Crippen LogP contribution in [0.5, 0.6) is 0 Å². The van der Waals surface area contributed by atoms with Crippen molar-refractivity contribution >= 4 is 76.5 Å². The molecule has 0 unspecified atom stereocenters. The lowest BCUT2D eigenvalue weighted by Gasteiger charge is -2.22. The van der Waals surface area contributed by atoms with Crippen molar-refractivity contribution in [3.8, 4) is 0 Å². The van der Waals surface area contributed by atoms with Crippen LogP contribution in [0.15, 0.2) is 122 Å². The van der Waals surface area contributed by atoms with Gasteiger partial charge in [-0.05, 0) is 41.4 Å². The molecule has 0 aliphatic heterocycles. The Morgan fingerprint density at radius 1 is 0.632 bits per heavy atom. The molecule has 0 bridgehead atoms. The number of aromatic amines is 1. The van der Waals surface area contributed by atoms with Gasteiger partial charge in [0.25, 0.3) is 0 Å². The molecule has 0 atom stereocenters. The highest BCUT2D eigenvalue weighted by Crippen LogP contribution is 2.30. The predicted octanol–water partition coefficient (Wildman–Crippen LogP) is 8.03. The zero-order chi connectivity index (χ0) is 54.8. The summed E-state index contributed by atoms with van der Waals surface area (Å²) in [6.07, 6.45) is -3.78. The summed E-state index contributed by atoms with van der Waals surface area (Å²) < 4.78 is 86.3. The van der Waals surface area contributed by atoms with E-state index >= 15 is 0 Å². The number of carbonyl (C=O) groups excluding carboxylic acids is 4. The number of pyridine rings is 4. The number of nitrogens with two attached hydrogens (primary N) is 2. The number of hydrogen-bond acceptors (Lipinski definition) is 13. The van der Waals surface area contributed by atoms with Crippen LogP contribution in [0.1, 0.15) is 33.9 Å². The zero-order valence-corrected chi connectivity index (χ0v) is 42.0. The number of nitrogens with zero attached hydrogens (tertiary/aromatic N) is 9. The summed E-state index contributed by atoms with van der Waals surface area (Å²) in [7, 11) is -1.31. The summed E-state index contributed by atoms with van der Waals surface area (Å²) in [6.45, 7) is 6.63. The van der Waals surface area contributed by atoms with Crippen LogP contribution in [0, 0.1) is 0 Å². The summed E-state index contributed by atoms with van der Waals surface area (Å²) in [5.74, 6) is -3.59. The number of benzene rings is 2. The molecule has 8 aromatic rings. The van der Waals surface area contributed by atoms with E-state index in [0.717, 1.165) is 28.0 Å². The summed E-state index contributed by atoms with van der Waals surface area (Å²) in [5, 5.41) is 16.8. The van der Waals surface area contributed by atoms with Gasteiger partial charge in [-0.15, -0.1) is 0 Å². The summed E-state index contributed by atoms with van der Waals surface area (Å²) in [5.41, 5.74) is 12.1. The minimum Gasteiger partial charge on any atom is -0.383 e. The largest absolute Gasteiger partial charge is 0.433 e. The fourth-order valence-electron chi connectivity index (χ4n) is 7.38. The van der Waals surface area contributed by atoms with Crippen LogP contribution >= 0.6 is 0 Å². The van der Waals surface area contributed by atoms with E-state index in [4.69, 9.17) is 16.2 Å². The maximum absolute atomic E-state index is 13.4. The molecule has 4 amide bonds. The van der Waals surface area contributed by atoms with Gasteiger partial charge >= 0.3 is 36.0 Å². The Morgan fingerprint density at radius 2 is 1.12 bits per heavy atom. The van der Waals surface area contributed by atoms with E-state index in [2.05, 4.69) is 65.5 Å². The zero-order valence-electron chi connectivity index (χ0n) is 41.0. The number of alkyl halides is 6. The van der Waals surface area contributed by atoms with Crippen molar-refractivity contribution in [3.05, 3.63) is 156 Å². The predicted molar refractivity (Wildman–Crippen MR) is 271 cm³/mol. The third-order valence-electron chi connectivity index (χ3n) is 11.2. The molecule has 7 N–H and O–H groups in total. The number of carbonyl (C=O) groups is 4. The van der Waals surface area contributed by atoms with Crippen molar-refractivity contribution in [2.75, 3.05) is 28.7 Å². The van der Waals surface area contributed by atoms with Crippen LogP contribution in [0.4, 0.5) is 49.4 Å². The number of nitrogen functional groups attached to an aromatic ring is 2. The third-order valence-corrected chi connectivity index (χ3v) is 12.9. The second-order valence-electron chi connectivity index (χ2n) is 18.3. The number of hydrogen-bond donors (Lipinski definition) is 5. The molecular formula is C50H50F6N14O5Si. The van der Waals surface area contributed by atoms with Crippen molar-refractivity contribution in [1.82, 2.24) is 49.7 Å². The number of aromatic nitrogens is 8. The normalized spacial score (nSPS) is 11.7. The van der Waals surface area contributed by atoms with Gasteiger partial charge in [0.1, 0.15) is 29.8 Å². The lowest BCUT2D eigenvalue weighted by molar-refractivity contribution is -0.144. The second kappa shape index (κ2) is 23.6. The van der Waals surface area contributed by atoms with E-state index in [1.807, 2.05) is 0 Å². The molecule has 0 saturated heterocycles. The molecule has 0 saturated carbocycles. The average molecular weight is 1070 g/mol. The SMILES string of the molecule is C[Si](C)(C)CCOCn1ncc2c(N)ncc(NC(=O)C(=O)N(Cc3ccccc3)Cc3cccc(C(F)(F)F)n3)c21.Nc1ncc(NC(=O)C(=O)N(Cc2ccccc2)Cc2cccc(C(F)(F)F)n2)c2[nH]ncc12. The van der Waals surface area contributed by atoms with Gasteiger partial charge in [-0.2, -0.15) is 36.5 Å². The molecule has 8 rings (SSSR count). The second-order valence-corrected chi connectivity index (χ2v) is 23.9. The van der Waals surface area contributed by atoms with Crippen molar-refractivity contribution in [2.24, 2.45) is 0 Å². The fourth-order valence-corrected chi connectivity index (χ4v) is 8.13. The van der Waals surface area contributed by atoms with Crippen LogP contribution in [0.2, 0.25) is 25.7 Å². The van der Waals surface area contributed by atoms with Gasteiger partial charge in [-0.25, -0.2) is 24.6 Å².